The summed E-state index contributed by atoms with van der Waals surface area (Å²) in [4.78, 5) is 15.5. The van der Waals surface area contributed by atoms with Crippen LogP contribution in [0, 0.1) is 0 Å². The van der Waals surface area contributed by atoms with Crippen LogP contribution in [-0.4, -0.2) is 35.6 Å². The third-order valence-electron chi connectivity index (χ3n) is 3.15. The van der Waals surface area contributed by atoms with Gasteiger partial charge >= 0.3 is 0 Å². The maximum absolute atomic E-state index is 4.57. The maximum atomic E-state index is 4.57. The highest BCUT2D eigenvalue weighted by atomic mass is 15.2. The fourth-order valence-electron chi connectivity index (χ4n) is 1.91. The Morgan fingerprint density at radius 2 is 2.10 bits per heavy atom. The second kappa shape index (κ2) is 6.84. The molecule has 1 N–H and O–H groups in total. The molecule has 0 bridgehead atoms. The van der Waals surface area contributed by atoms with Crippen molar-refractivity contribution in [3.63, 3.8) is 0 Å². The van der Waals surface area contributed by atoms with Crippen molar-refractivity contribution in [1.82, 2.24) is 15.0 Å². The van der Waals surface area contributed by atoms with Gasteiger partial charge < -0.3 is 10.2 Å². The minimum absolute atomic E-state index is 0.830. The summed E-state index contributed by atoms with van der Waals surface area (Å²) in [5.41, 5.74) is 1.10. The van der Waals surface area contributed by atoms with Gasteiger partial charge in [-0.25, -0.2) is 9.97 Å². The Morgan fingerprint density at radius 1 is 1.25 bits per heavy atom. The van der Waals surface area contributed by atoms with Crippen molar-refractivity contribution in [2.24, 2.45) is 0 Å². The number of likely N-dealkylation sites (N-methyl/N-ethyl adjacent to an activating group) is 1. The van der Waals surface area contributed by atoms with Crippen molar-refractivity contribution in [3.05, 3.63) is 42.0 Å². The molecule has 0 aliphatic rings. The fourth-order valence-corrected chi connectivity index (χ4v) is 1.91. The van der Waals surface area contributed by atoms with Gasteiger partial charge in [-0.15, -0.1) is 0 Å². The Bertz CT molecular complexity index is 519. The molecule has 0 unspecified atom stereocenters. The predicted molar refractivity (Wildman–Crippen MR) is 82.2 cm³/mol. The van der Waals surface area contributed by atoms with E-state index in [2.05, 4.69) is 32.1 Å². The van der Waals surface area contributed by atoms with Crippen LogP contribution in [0.1, 0.15) is 18.4 Å². The standard InChI is InChI=1S/C15H21N5/c1-4-13-18-14(16-2)11-15(19-13)20(3)10-8-12-7-5-6-9-17-12/h5-7,9,11H,4,8,10H2,1-3H3,(H,16,18,19). The zero-order chi connectivity index (χ0) is 14.4. The van der Waals surface area contributed by atoms with Crippen molar-refractivity contribution in [1.29, 1.82) is 0 Å². The van der Waals surface area contributed by atoms with Crippen molar-refractivity contribution in [2.45, 2.75) is 19.8 Å². The highest BCUT2D eigenvalue weighted by Crippen LogP contribution is 2.15. The average Bonchev–Trinajstić information content (AvgIpc) is 2.52. The molecule has 0 saturated carbocycles. The van der Waals surface area contributed by atoms with Gasteiger partial charge in [-0.2, -0.15) is 0 Å². The number of nitrogens with one attached hydrogen (secondary N) is 1. The van der Waals surface area contributed by atoms with Gasteiger partial charge in [-0.1, -0.05) is 13.0 Å². The van der Waals surface area contributed by atoms with Crippen LogP contribution in [0.3, 0.4) is 0 Å². The summed E-state index contributed by atoms with van der Waals surface area (Å²) < 4.78 is 0. The van der Waals surface area contributed by atoms with E-state index in [9.17, 15) is 0 Å². The third-order valence-corrected chi connectivity index (χ3v) is 3.15. The Morgan fingerprint density at radius 3 is 2.75 bits per heavy atom. The molecule has 0 spiro atoms. The Kier molecular flexibility index (Phi) is 4.87. The van der Waals surface area contributed by atoms with Gasteiger partial charge in [0, 0.05) is 51.4 Å². The van der Waals surface area contributed by atoms with E-state index in [-0.39, 0.29) is 0 Å². The van der Waals surface area contributed by atoms with Gasteiger partial charge in [0.2, 0.25) is 0 Å². The molecule has 0 fully saturated rings. The van der Waals surface area contributed by atoms with E-state index in [4.69, 9.17) is 0 Å². The van der Waals surface area contributed by atoms with Gasteiger partial charge in [-0.05, 0) is 12.1 Å². The number of hydrogen-bond donors (Lipinski definition) is 1. The topological polar surface area (TPSA) is 53.9 Å². The lowest BCUT2D eigenvalue weighted by Crippen LogP contribution is -2.22. The van der Waals surface area contributed by atoms with Gasteiger partial charge in [0.05, 0.1) is 0 Å². The molecule has 0 radical (unpaired) electrons. The fraction of sp³-hybridized carbons (Fsp3) is 0.400. The van der Waals surface area contributed by atoms with Crippen LogP contribution in [0.15, 0.2) is 30.5 Å². The summed E-state index contributed by atoms with van der Waals surface area (Å²) in [5.74, 6) is 2.66. The highest BCUT2D eigenvalue weighted by molar-refractivity contribution is 5.48. The molecule has 2 aromatic heterocycles. The third kappa shape index (κ3) is 3.66. The summed E-state index contributed by atoms with van der Waals surface area (Å²) in [5, 5.41) is 3.08. The summed E-state index contributed by atoms with van der Waals surface area (Å²) in [6, 6.07) is 7.97. The molecule has 5 nitrogen and oxygen atoms in total. The highest BCUT2D eigenvalue weighted by Gasteiger charge is 2.07. The van der Waals surface area contributed by atoms with Gasteiger partial charge in [0.1, 0.15) is 17.5 Å². The normalized spacial score (nSPS) is 10.3. The number of anilines is 2. The first-order valence-corrected chi connectivity index (χ1v) is 6.89. The first-order valence-electron chi connectivity index (χ1n) is 6.89. The summed E-state index contributed by atoms with van der Waals surface area (Å²) in [7, 11) is 3.92. The Hall–Kier alpha value is -2.17. The van der Waals surface area contributed by atoms with Crippen LogP contribution in [-0.2, 0) is 12.8 Å². The molecule has 5 heteroatoms. The molecule has 20 heavy (non-hydrogen) atoms. The van der Waals surface area contributed by atoms with Crippen LogP contribution in [0.25, 0.3) is 0 Å². The van der Waals surface area contributed by atoms with Crippen LogP contribution in [0.5, 0.6) is 0 Å². The predicted octanol–water partition coefficient (Wildman–Crippen LogP) is 2.15. The second-order valence-corrected chi connectivity index (χ2v) is 4.62. The number of hydrogen-bond acceptors (Lipinski definition) is 5. The molecule has 0 saturated heterocycles. The van der Waals surface area contributed by atoms with Crippen molar-refractivity contribution in [2.75, 3.05) is 30.9 Å². The molecule has 0 atom stereocenters. The summed E-state index contributed by atoms with van der Waals surface area (Å²) in [6.07, 6.45) is 3.56. The monoisotopic (exact) mass is 271 g/mol. The molecule has 2 heterocycles. The minimum atomic E-state index is 0.830. The molecular weight excluding hydrogens is 250 g/mol. The average molecular weight is 271 g/mol. The van der Waals surface area contributed by atoms with Crippen molar-refractivity contribution in [3.8, 4) is 0 Å². The minimum Gasteiger partial charge on any atom is -0.373 e. The SMILES string of the molecule is CCc1nc(NC)cc(N(C)CCc2ccccn2)n1. The van der Waals surface area contributed by atoms with E-state index in [0.717, 1.165) is 42.5 Å². The molecular formula is C15H21N5. The molecule has 0 aliphatic heterocycles. The van der Waals surface area contributed by atoms with Gasteiger partial charge in [0.15, 0.2) is 0 Å². The zero-order valence-electron chi connectivity index (χ0n) is 12.3. The van der Waals surface area contributed by atoms with Gasteiger partial charge in [0.25, 0.3) is 0 Å². The Balaban J connectivity index is 2.06. The lowest BCUT2D eigenvalue weighted by Gasteiger charge is -2.19. The van der Waals surface area contributed by atoms with E-state index < -0.39 is 0 Å². The number of aryl methyl sites for hydroxylation is 1. The number of nitrogens with zero attached hydrogens (tertiary/aromatic N) is 4. The van der Waals surface area contributed by atoms with Gasteiger partial charge in [-0.3, -0.25) is 4.98 Å². The smallest absolute Gasteiger partial charge is 0.134 e. The molecule has 2 rings (SSSR count). The number of aromatic nitrogens is 3. The Labute approximate surface area is 120 Å². The first kappa shape index (κ1) is 14.2. The van der Waals surface area contributed by atoms with Crippen molar-refractivity contribution < 1.29 is 0 Å². The first-order chi connectivity index (χ1) is 9.72. The van der Waals surface area contributed by atoms with Crippen LogP contribution < -0.4 is 10.2 Å². The van der Waals surface area contributed by atoms with Crippen molar-refractivity contribution >= 4 is 11.6 Å². The summed E-state index contributed by atoms with van der Waals surface area (Å²) in [6.45, 7) is 2.94. The maximum Gasteiger partial charge on any atom is 0.134 e. The largest absolute Gasteiger partial charge is 0.373 e. The molecule has 0 aliphatic carbocycles. The molecule has 2 aromatic rings. The van der Waals surface area contributed by atoms with Crippen LogP contribution in [0.4, 0.5) is 11.6 Å². The molecule has 0 amide bonds. The van der Waals surface area contributed by atoms with E-state index in [1.54, 1.807) is 0 Å². The van der Waals surface area contributed by atoms with E-state index in [1.807, 2.05) is 44.6 Å². The quantitative estimate of drug-likeness (QED) is 0.872. The summed E-state index contributed by atoms with van der Waals surface area (Å²) >= 11 is 0. The lowest BCUT2D eigenvalue weighted by atomic mass is 10.2. The van der Waals surface area contributed by atoms with Crippen LogP contribution >= 0.6 is 0 Å². The van der Waals surface area contributed by atoms with E-state index >= 15 is 0 Å². The van der Waals surface area contributed by atoms with Crippen LogP contribution in [0.2, 0.25) is 0 Å². The number of pyridine rings is 1. The van der Waals surface area contributed by atoms with E-state index in [0.29, 0.717) is 0 Å². The second-order valence-electron chi connectivity index (χ2n) is 4.62. The zero-order valence-corrected chi connectivity index (χ0v) is 12.3. The number of rotatable bonds is 6. The molecule has 0 aromatic carbocycles. The molecule has 106 valence electrons. The van der Waals surface area contributed by atoms with E-state index in [1.165, 1.54) is 0 Å². The lowest BCUT2D eigenvalue weighted by molar-refractivity contribution is 0.823.